The maximum Gasteiger partial charge on any atom is 0.321 e. The Balaban J connectivity index is 1.96. The summed E-state index contributed by atoms with van der Waals surface area (Å²) in [4.78, 5) is 27.1. The summed E-state index contributed by atoms with van der Waals surface area (Å²) < 4.78 is 0. The van der Waals surface area contributed by atoms with Crippen LogP contribution >= 0.6 is 0 Å². The molecule has 6 heteroatoms. The fourth-order valence-electron chi connectivity index (χ4n) is 2.63. The van der Waals surface area contributed by atoms with E-state index >= 15 is 0 Å². The summed E-state index contributed by atoms with van der Waals surface area (Å²) >= 11 is 0. The minimum atomic E-state index is -0.769. The molecular formula is C17H25N3O3. The van der Waals surface area contributed by atoms with E-state index in [9.17, 15) is 9.59 Å². The fourth-order valence-corrected chi connectivity index (χ4v) is 2.63. The normalized spacial score (nSPS) is 15.6. The van der Waals surface area contributed by atoms with Crippen molar-refractivity contribution in [2.45, 2.75) is 32.7 Å². The number of piperidine rings is 1. The molecule has 0 aliphatic carbocycles. The number of carbonyl (C=O) groups excluding carboxylic acids is 1. The SMILES string of the molecule is CC(C)N(C)c1cccc(NC(=O)N2CCC(C(=O)O)CC2)c1. The zero-order chi connectivity index (χ0) is 17.0. The number of carbonyl (C=O) groups is 2. The van der Waals surface area contributed by atoms with E-state index in [0.29, 0.717) is 32.0 Å². The van der Waals surface area contributed by atoms with Crippen LogP contribution in [0, 0.1) is 5.92 Å². The van der Waals surface area contributed by atoms with Gasteiger partial charge in [-0.2, -0.15) is 0 Å². The van der Waals surface area contributed by atoms with Gasteiger partial charge in [0.05, 0.1) is 5.92 Å². The molecule has 0 atom stereocenters. The molecule has 1 aliphatic heterocycles. The van der Waals surface area contributed by atoms with Crippen molar-refractivity contribution in [2.24, 2.45) is 5.92 Å². The van der Waals surface area contributed by atoms with Gasteiger partial charge in [-0.05, 0) is 44.9 Å². The summed E-state index contributed by atoms with van der Waals surface area (Å²) in [6.07, 6.45) is 1.03. The molecule has 1 aromatic carbocycles. The third kappa shape index (κ3) is 4.37. The van der Waals surface area contributed by atoms with Crippen molar-refractivity contribution < 1.29 is 14.7 Å². The van der Waals surface area contributed by atoms with Crippen molar-refractivity contribution in [3.63, 3.8) is 0 Å². The molecule has 23 heavy (non-hydrogen) atoms. The van der Waals surface area contributed by atoms with Crippen LogP contribution < -0.4 is 10.2 Å². The molecule has 2 N–H and O–H groups in total. The van der Waals surface area contributed by atoms with Gasteiger partial charge in [0.25, 0.3) is 0 Å². The van der Waals surface area contributed by atoms with Crippen molar-refractivity contribution in [2.75, 3.05) is 30.4 Å². The Labute approximate surface area is 137 Å². The summed E-state index contributed by atoms with van der Waals surface area (Å²) in [5, 5.41) is 11.9. The second-order valence-electron chi connectivity index (χ2n) is 6.28. The van der Waals surface area contributed by atoms with E-state index in [4.69, 9.17) is 5.11 Å². The highest BCUT2D eigenvalue weighted by molar-refractivity contribution is 5.90. The minimum absolute atomic E-state index is 0.168. The van der Waals surface area contributed by atoms with Crippen molar-refractivity contribution in [1.29, 1.82) is 0 Å². The molecule has 126 valence electrons. The summed E-state index contributed by atoms with van der Waals surface area (Å²) in [6.45, 7) is 5.18. The first-order valence-corrected chi connectivity index (χ1v) is 8.00. The van der Waals surface area contributed by atoms with Crippen molar-refractivity contribution in [3.05, 3.63) is 24.3 Å². The molecule has 0 radical (unpaired) electrons. The van der Waals surface area contributed by atoms with Gasteiger partial charge in [0, 0.05) is 37.6 Å². The Bertz CT molecular complexity index is 566. The lowest BCUT2D eigenvalue weighted by molar-refractivity contribution is -0.143. The number of rotatable bonds is 4. The van der Waals surface area contributed by atoms with Crippen LogP contribution in [0.1, 0.15) is 26.7 Å². The average Bonchev–Trinajstić information content (AvgIpc) is 2.54. The Morgan fingerprint density at radius 3 is 2.52 bits per heavy atom. The molecule has 1 aliphatic rings. The van der Waals surface area contributed by atoms with E-state index in [-0.39, 0.29) is 11.9 Å². The smallest absolute Gasteiger partial charge is 0.321 e. The average molecular weight is 319 g/mol. The van der Waals surface area contributed by atoms with Crippen molar-refractivity contribution in [1.82, 2.24) is 4.90 Å². The number of hydrogen-bond acceptors (Lipinski definition) is 3. The van der Waals surface area contributed by atoms with Crippen LogP contribution in [0.3, 0.4) is 0 Å². The highest BCUT2D eigenvalue weighted by atomic mass is 16.4. The summed E-state index contributed by atoms with van der Waals surface area (Å²) in [5.74, 6) is -1.10. The molecule has 0 aromatic heterocycles. The van der Waals surface area contributed by atoms with E-state index < -0.39 is 5.97 Å². The maximum atomic E-state index is 12.3. The van der Waals surface area contributed by atoms with Gasteiger partial charge in [-0.1, -0.05) is 6.07 Å². The number of carboxylic acids is 1. The van der Waals surface area contributed by atoms with Gasteiger partial charge in [-0.15, -0.1) is 0 Å². The molecule has 6 nitrogen and oxygen atoms in total. The van der Waals surface area contributed by atoms with E-state index in [2.05, 4.69) is 24.1 Å². The monoisotopic (exact) mass is 319 g/mol. The zero-order valence-corrected chi connectivity index (χ0v) is 14.0. The van der Waals surface area contributed by atoms with E-state index in [0.717, 1.165) is 11.4 Å². The molecular weight excluding hydrogens is 294 g/mol. The Morgan fingerprint density at radius 1 is 1.30 bits per heavy atom. The molecule has 0 spiro atoms. The Hall–Kier alpha value is -2.24. The van der Waals surface area contributed by atoms with Crippen LogP contribution in [0.25, 0.3) is 0 Å². The molecule has 0 saturated carbocycles. The van der Waals surface area contributed by atoms with Gasteiger partial charge < -0.3 is 20.2 Å². The lowest BCUT2D eigenvalue weighted by Gasteiger charge is -2.30. The zero-order valence-electron chi connectivity index (χ0n) is 14.0. The van der Waals surface area contributed by atoms with Crippen LogP contribution in [0.15, 0.2) is 24.3 Å². The van der Waals surface area contributed by atoms with Gasteiger partial charge >= 0.3 is 12.0 Å². The third-order valence-electron chi connectivity index (χ3n) is 4.41. The first kappa shape index (κ1) is 17.1. The maximum absolute atomic E-state index is 12.3. The van der Waals surface area contributed by atoms with Gasteiger partial charge in [0.1, 0.15) is 0 Å². The van der Waals surface area contributed by atoms with Crippen LogP contribution in [-0.2, 0) is 4.79 Å². The molecule has 1 saturated heterocycles. The number of hydrogen-bond donors (Lipinski definition) is 2. The quantitative estimate of drug-likeness (QED) is 0.895. The predicted molar refractivity (Wildman–Crippen MR) is 90.9 cm³/mol. The minimum Gasteiger partial charge on any atom is -0.481 e. The predicted octanol–water partition coefficient (Wildman–Crippen LogP) is 2.86. The van der Waals surface area contributed by atoms with E-state index in [1.807, 2.05) is 31.3 Å². The third-order valence-corrected chi connectivity index (χ3v) is 4.41. The van der Waals surface area contributed by atoms with Crippen molar-refractivity contribution in [3.8, 4) is 0 Å². The van der Waals surface area contributed by atoms with Crippen molar-refractivity contribution >= 4 is 23.4 Å². The number of aliphatic carboxylic acids is 1. The van der Waals surface area contributed by atoms with Crippen LogP contribution in [0.2, 0.25) is 0 Å². The number of carboxylic acid groups (broad SMARTS) is 1. The van der Waals surface area contributed by atoms with Crippen LogP contribution in [-0.4, -0.2) is 48.2 Å². The molecule has 1 heterocycles. The second kappa shape index (κ2) is 7.35. The highest BCUT2D eigenvalue weighted by Gasteiger charge is 2.26. The number of nitrogens with one attached hydrogen (secondary N) is 1. The number of urea groups is 1. The van der Waals surface area contributed by atoms with Crippen LogP contribution in [0.4, 0.5) is 16.2 Å². The fraction of sp³-hybridized carbons (Fsp3) is 0.529. The number of benzene rings is 1. The number of amides is 2. The van der Waals surface area contributed by atoms with Gasteiger partial charge in [0.15, 0.2) is 0 Å². The Morgan fingerprint density at radius 2 is 1.96 bits per heavy atom. The molecule has 2 amide bonds. The topological polar surface area (TPSA) is 72.9 Å². The van der Waals surface area contributed by atoms with E-state index in [1.165, 1.54) is 0 Å². The first-order valence-electron chi connectivity index (χ1n) is 8.00. The molecule has 1 aromatic rings. The highest BCUT2D eigenvalue weighted by Crippen LogP contribution is 2.22. The largest absolute Gasteiger partial charge is 0.481 e. The number of anilines is 2. The van der Waals surface area contributed by atoms with Gasteiger partial charge in [0.2, 0.25) is 0 Å². The number of likely N-dealkylation sites (tertiary alicyclic amines) is 1. The van der Waals surface area contributed by atoms with Gasteiger partial charge in [-0.3, -0.25) is 4.79 Å². The first-order chi connectivity index (χ1) is 10.9. The molecule has 1 fully saturated rings. The summed E-state index contributed by atoms with van der Waals surface area (Å²) in [5.41, 5.74) is 1.79. The summed E-state index contributed by atoms with van der Waals surface area (Å²) in [6, 6.07) is 7.94. The standard InChI is InChI=1S/C17H25N3O3/c1-12(2)19(3)15-6-4-5-14(11-15)18-17(23)20-9-7-13(8-10-20)16(21)22/h4-6,11-13H,7-10H2,1-3H3,(H,18,23)(H,21,22). The Kier molecular flexibility index (Phi) is 5.47. The second-order valence-corrected chi connectivity index (χ2v) is 6.28. The summed E-state index contributed by atoms with van der Waals surface area (Å²) in [7, 11) is 2.02. The van der Waals surface area contributed by atoms with Gasteiger partial charge in [-0.25, -0.2) is 4.79 Å². The lowest BCUT2D eigenvalue weighted by Crippen LogP contribution is -2.42. The molecule has 2 rings (SSSR count). The van der Waals surface area contributed by atoms with E-state index in [1.54, 1.807) is 4.90 Å². The van der Waals surface area contributed by atoms with Crippen LogP contribution in [0.5, 0.6) is 0 Å². The molecule has 0 bridgehead atoms. The lowest BCUT2D eigenvalue weighted by atomic mass is 9.97. The molecule has 0 unspecified atom stereocenters. The number of nitrogens with zero attached hydrogens (tertiary/aromatic N) is 2.